The predicted molar refractivity (Wildman–Crippen MR) is 71.7 cm³/mol. The number of nitrogens with one attached hydrogen (secondary N) is 1. The molecular weight excluding hydrogens is 248 g/mol. The van der Waals surface area contributed by atoms with E-state index < -0.39 is 0 Å². The van der Waals surface area contributed by atoms with Crippen LogP contribution in [0.1, 0.15) is 51.3 Å². The molecule has 2 rings (SSSR count). The minimum absolute atomic E-state index is 0.195. The summed E-state index contributed by atoms with van der Waals surface area (Å²) in [6, 6.07) is 2.62. The zero-order chi connectivity index (χ0) is 13.3. The van der Waals surface area contributed by atoms with E-state index in [1.54, 1.807) is 0 Å². The number of nitrogens with zero attached hydrogens (tertiary/aromatic N) is 3. The van der Waals surface area contributed by atoms with Crippen molar-refractivity contribution in [2.75, 3.05) is 5.32 Å². The summed E-state index contributed by atoms with van der Waals surface area (Å²) in [6.45, 7) is 6.04. The summed E-state index contributed by atoms with van der Waals surface area (Å²) in [5, 5.41) is 12.8. The zero-order valence-electron chi connectivity index (χ0n) is 10.9. The lowest BCUT2D eigenvalue weighted by molar-refractivity contribution is 0.444. The van der Waals surface area contributed by atoms with Crippen LogP contribution in [0.5, 0.6) is 0 Å². The molecule has 1 saturated carbocycles. The molecule has 0 saturated heterocycles. The average Bonchev–Trinajstić information content (AvgIpc) is 2.21. The lowest BCUT2D eigenvalue weighted by atomic mass is 9.88. The first-order chi connectivity index (χ1) is 8.41. The second kappa shape index (κ2) is 4.74. The van der Waals surface area contributed by atoms with Gasteiger partial charge in [-0.15, -0.1) is 0 Å². The molecule has 96 valence electrons. The molecule has 5 heteroatoms. The van der Waals surface area contributed by atoms with Gasteiger partial charge in [0.05, 0.1) is 5.69 Å². The molecule has 1 aliphatic rings. The fourth-order valence-electron chi connectivity index (χ4n) is 1.93. The number of rotatable bonds is 2. The Bertz CT molecular complexity index is 495. The molecule has 0 unspecified atom stereocenters. The first-order valence-corrected chi connectivity index (χ1v) is 6.54. The topological polar surface area (TPSA) is 61.6 Å². The van der Waals surface area contributed by atoms with Crippen LogP contribution in [0, 0.1) is 11.3 Å². The standard InChI is InChI=1S/C13H17ClN4/c1-13(2,3)10-9(7-15)11(18-12(14)17-10)16-8-5-4-6-8/h8H,4-6H2,1-3H3,(H,16,17,18). The molecule has 1 N–H and O–H groups in total. The van der Waals surface area contributed by atoms with Crippen LogP contribution < -0.4 is 5.32 Å². The Kier molecular flexibility index (Phi) is 3.45. The SMILES string of the molecule is CC(C)(C)c1nc(Cl)nc(NC2CCC2)c1C#N. The number of hydrogen-bond donors (Lipinski definition) is 1. The van der Waals surface area contributed by atoms with Crippen molar-refractivity contribution in [3.05, 3.63) is 16.5 Å². The van der Waals surface area contributed by atoms with Gasteiger partial charge >= 0.3 is 0 Å². The van der Waals surface area contributed by atoms with Crippen molar-refractivity contribution < 1.29 is 0 Å². The van der Waals surface area contributed by atoms with Crippen LogP contribution in [0.4, 0.5) is 5.82 Å². The van der Waals surface area contributed by atoms with Gasteiger partial charge < -0.3 is 5.32 Å². The Labute approximate surface area is 112 Å². The van der Waals surface area contributed by atoms with Crippen LogP contribution >= 0.6 is 11.6 Å². The highest BCUT2D eigenvalue weighted by Crippen LogP contribution is 2.31. The van der Waals surface area contributed by atoms with Gasteiger partial charge in [0.2, 0.25) is 5.28 Å². The van der Waals surface area contributed by atoms with Crippen LogP contribution in [0.25, 0.3) is 0 Å². The monoisotopic (exact) mass is 264 g/mol. The van der Waals surface area contributed by atoms with Crippen molar-refractivity contribution in [2.45, 2.75) is 51.5 Å². The molecule has 4 nitrogen and oxygen atoms in total. The Hall–Kier alpha value is -1.34. The summed E-state index contributed by atoms with van der Waals surface area (Å²) in [5.41, 5.74) is 0.985. The van der Waals surface area contributed by atoms with Gasteiger partial charge in [-0.1, -0.05) is 20.8 Å². The van der Waals surface area contributed by atoms with Crippen LogP contribution in [-0.4, -0.2) is 16.0 Å². The second-order valence-electron chi connectivity index (χ2n) is 5.70. The van der Waals surface area contributed by atoms with E-state index in [9.17, 15) is 5.26 Å². The third kappa shape index (κ3) is 2.56. The highest BCUT2D eigenvalue weighted by molar-refractivity contribution is 6.28. The summed E-state index contributed by atoms with van der Waals surface area (Å²) < 4.78 is 0. The number of nitriles is 1. The van der Waals surface area contributed by atoms with Crippen molar-refractivity contribution >= 4 is 17.4 Å². The van der Waals surface area contributed by atoms with Gasteiger partial charge in [0.15, 0.2) is 0 Å². The lowest BCUT2D eigenvalue weighted by Crippen LogP contribution is -2.29. The first kappa shape index (κ1) is 13.1. The molecule has 0 bridgehead atoms. The Morgan fingerprint density at radius 3 is 2.44 bits per heavy atom. The zero-order valence-corrected chi connectivity index (χ0v) is 11.7. The Balaban J connectivity index is 2.44. The molecule has 0 amide bonds. The fourth-order valence-corrected chi connectivity index (χ4v) is 2.10. The summed E-state index contributed by atoms with van der Waals surface area (Å²) in [7, 11) is 0. The maximum atomic E-state index is 9.34. The third-order valence-electron chi connectivity index (χ3n) is 3.15. The fraction of sp³-hybridized carbons (Fsp3) is 0.615. The quantitative estimate of drug-likeness (QED) is 0.833. The molecule has 1 aromatic rings. The van der Waals surface area contributed by atoms with E-state index in [1.165, 1.54) is 6.42 Å². The van der Waals surface area contributed by atoms with E-state index in [0.717, 1.165) is 12.8 Å². The van der Waals surface area contributed by atoms with Gasteiger partial charge in [-0.25, -0.2) is 4.98 Å². The highest BCUT2D eigenvalue weighted by Gasteiger charge is 2.26. The van der Waals surface area contributed by atoms with Gasteiger partial charge in [0.25, 0.3) is 0 Å². The summed E-state index contributed by atoms with van der Waals surface area (Å²) >= 11 is 5.96. The highest BCUT2D eigenvalue weighted by atomic mass is 35.5. The third-order valence-corrected chi connectivity index (χ3v) is 3.32. The minimum atomic E-state index is -0.228. The van der Waals surface area contributed by atoms with Crippen molar-refractivity contribution in [3.8, 4) is 6.07 Å². The molecule has 1 heterocycles. The first-order valence-electron chi connectivity index (χ1n) is 6.16. The maximum absolute atomic E-state index is 9.34. The van der Waals surface area contributed by atoms with Crippen molar-refractivity contribution in [1.29, 1.82) is 5.26 Å². The number of anilines is 1. The maximum Gasteiger partial charge on any atom is 0.224 e. The van der Waals surface area contributed by atoms with Crippen molar-refractivity contribution in [2.24, 2.45) is 0 Å². The largest absolute Gasteiger partial charge is 0.366 e. The van der Waals surface area contributed by atoms with Gasteiger partial charge in [0, 0.05) is 11.5 Å². The van der Waals surface area contributed by atoms with Crippen LogP contribution in [-0.2, 0) is 5.41 Å². The van der Waals surface area contributed by atoms with Crippen molar-refractivity contribution in [1.82, 2.24) is 9.97 Å². The smallest absolute Gasteiger partial charge is 0.224 e. The molecule has 1 aliphatic carbocycles. The second-order valence-corrected chi connectivity index (χ2v) is 6.04. The van der Waals surface area contributed by atoms with Gasteiger partial charge in [-0.3, -0.25) is 0 Å². The van der Waals surface area contributed by atoms with Gasteiger partial charge in [-0.2, -0.15) is 10.2 Å². The molecule has 18 heavy (non-hydrogen) atoms. The van der Waals surface area contributed by atoms with Crippen LogP contribution in [0.2, 0.25) is 5.28 Å². The van der Waals surface area contributed by atoms with E-state index in [4.69, 9.17) is 11.6 Å². The van der Waals surface area contributed by atoms with Crippen molar-refractivity contribution in [3.63, 3.8) is 0 Å². The minimum Gasteiger partial charge on any atom is -0.366 e. The molecule has 0 aromatic carbocycles. The normalized spacial score (nSPS) is 15.9. The summed E-state index contributed by atoms with van der Waals surface area (Å²) in [5.74, 6) is 0.576. The number of hydrogen-bond acceptors (Lipinski definition) is 4. The summed E-state index contributed by atoms with van der Waals surface area (Å²) in [4.78, 5) is 8.38. The van der Waals surface area contributed by atoms with E-state index in [0.29, 0.717) is 23.1 Å². The van der Waals surface area contributed by atoms with Gasteiger partial charge in [0.1, 0.15) is 17.5 Å². The molecule has 0 aliphatic heterocycles. The summed E-state index contributed by atoms with van der Waals surface area (Å²) in [6.07, 6.45) is 3.47. The van der Waals surface area contributed by atoms with E-state index in [2.05, 4.69) is 21.4 Å². The Morgan fingerprint density at radius 2 is 2.00 bits per heavy atom. The number of aromatic nitrogens is 2. The average molecular weight is 265 g/mol. The number of halogens is 1. The van der Waals surface area contributed by atoms with Gasteiger partial charge in [-0.05, 0) is 30.9 Å². The van der Waals surface area contributed by atoms with E-state index >= 15 is 0 Å². The molecule has 0 atom stereocenters. The van der Waals surface area contributed by atoms with E-state index in [1.807, 2.05) is 20.8 Å². The van der Waals surface area contributed by atoms with Crippen LogP contribution in [0.15, 0.2) is 0 Å². The lowest BCUT2D eigenvalue weighted by Gasteiger charge is -2.28. The Morgan fingerprint density at radius 1 is 1.33 bits per heavy atom. The molecular formula is C13H17ClN4. The van der Waals surface area contributed by atoms with E-state index in [-0.39, 0.29) is 10.7 Å². The molecule has 1 fully saturated rings. The predicted octanol–water partition coefficient (Wildman–Crippen LogP) is 3.26. The molecule has 0 spiro atoms. The van der Waals surface area contributed by atoms with Crippen LogP contribution in [0.3, 0.4) is 0 Å². The molecule has 0 radical (unpaired) electrons. The molecule has 1 aromatic heterocycles.